The molecule has 0 aliphatic carbocycles. The van der Waals surface area contributed by atoms with Gasteiger partial charge in [-0.2, -0.15) is 4.68 Å². The van der Waals surface area contributed by atoms with Crippen molar-refractivity contribution < 1.29 is 4.79 Å². The molecule has 0 unspecified atom stereocenters. The van der Waals surface area contributed by atoms with Crippen LogP contribution in [0.25, 0.3) is 0 Å². The Hall–Kier alpha value is -1.10. The van der Waals surface area contributed by atoms with E-state index in [1.165, 1.54) is 24.5 Å². The summed E-state index contributed by atoms with van der Waals surface area (Å²) in [4.78, 5) is 11.9. The topological polar surface area (TPSA) is 47.8 Å². The maximum absolute atomic E-state index is 11.9. The van der Waals surface area contributed by atoms with Gasteiger partial charge in [-0.05, 0) is 12.1 Å². The molecule has 16 heavy (non-hydrogen) atoms. The van der Waals surface area contributed by atoms with Gasteiger partial charge in [-0.1, -0.05) is 40.0 Å². The molecule has 0 aliphatic heterocycles. The Morgan fingerprint density at radius 3 is 2.31 bits per heavy atom. The number of benzene rings is 1. The van der Waals surface area contributed by atoms with Gasteiger partial charge >= 0.3 is 0 Å². The molecule has 0 spiro atoms. The average molecular weight is 277 g/mol. The summed E-state index contributed by atoms with van der Waals surface area (Å²) in [5, 5.41) is 7.81. The minimum Gasteiger partial charge on any atom is -0.267 e. The fraction of sp³-hybridized carbons (Fsp3) is 0. The Kier molecular flexibility index (Phi) is 3.14. The van der Waals surface area contributed by atoms with E-state index in [0.717, 1.165) is 4.68 Å². The van der Waals surface area contributed by atoms with E-state index in [1.54, 1.807) is 0 Å². The van der Waals surface area contributed by atoms with Crippen LogP contribution in [0.4, 0.5) is 0 Å². The zero-order chi connectivity index (χ0) is 11.7. The van der Waals surface area contributed by atoms with E-state index in [9.17, 15) is 4.79 Å². The van der Waals surface area contributed by atoms with Crippen molar-refractivity contribution in [1.82, 2.24) is 15.0 Å². The van der Waals surface area contributed by atoms with Crippen LogP contribution in [0.2, 0.25) is 15.1 Å². The molecule has 1 heterocycles. The highest BCUT2D eigenvalue weighted by molar-refractivity contribution is 6.42. The molecule has 0 fully saturated rings. The van der Waals surface area contributed by atoms with Gasteiger partial charge in [-0.15, -0.1) is 5.10 Å². The van der Waals surface area contributed by atoms with Crippen LogP contribution in [0.5, 0.6) is 0 Å². The number of halogens is 3. The largest absolute Gasteiger partial charge is 0.282 e. The fourth-order valence-electron chi connectivity index (χ4n) is 1.18. The van der Waals surface area contributed by atoms with Gasteiger partial charge in [0.2, 0.25) is 0 Å². The Morgan fingerprint density at radius 1 is 1.19 bits per heavy atom. The van der Waals surface area contributed by atoms with Crippen molar-refractivity contribution in [3.8, 4) is 0 Å². The maximum atomic E-state index is 11.9. The smallest absolute Gasteiger partial charge is 0.267 e. The summed E-state index contributed by atoms with van der Waals surface area (Å²) < 4.78 is 1.04. The van der Waals surface area contributed by atoms with Crippen LogP contribution in [-0.2, 0) is 0 Å². The average Bonchev–Trinajstić information content (AvgIpc) is 2.67. The molecule has 1 aromatic heterocycles. The molecule has 0 bridgehead atoms. The van der Waals surface area contributed by atoms with Crippen molar-refractivity contribution >= 4 is 40.7 Å². The molecule has 1 aromatic carbocycles. The van der Waals surface area contributed by atoms with E-state index in [2.05, 4.69) is 10.3 Å². The van der Waals surface area contributed by atoms with E-state index in [0.29, 0.717) is 5.02 Å². The Balaban J connectivity index is 2.53. The fourth-order valence-corrected chi connectivity index (χ4v) is 2.16. The second-order valence-electron chi connectivity index (χ2n) is 2.90. The SMILES string of the molecule is O=C(c1c(Cl)cc(Cl)cc1Cl)n1ccnn1. The number of hydrogen-bond acceptors (Lipinski definition) is 3. The lowest BCUT2D eigenvalue weighted by Crippen LogP contribution is -2.14. The Labute approximate surface area is 106 Å². The first-order chi connectivity index (χ1) is 7.59. The summed E-state index contributed by atoms with van der Waals surface area (Å²) in [5.41, 5.74) is 0.151. The zero-order valence-corrected chi connectivity index (χ0v) is 9.96. The number of carbonyl (C=O) groups excluding carboxylic acids is 1. The lowest BCUT2D eigenvalue weighted by atomic mass is 10.2. The molecule has 0 saturated carbocycles. The van der Waals surface area contributed by atoms with E-state index in [1.807, 2.05) is 0 Å². The van der Waals surface area contributed by atoms with Crippen molar-refractivity contribution in [3.63, 3.8) is 0 Å². The Bertz CT molecular complexity index is 516. The standard InChI is InChI=1S/C9H4Cl3N3O/c10-5-3-6(11)8(7(12)4-5)9(16)15-2-1-13-14-15/h1-4H. The number of rotatable bonds is 1. The summed E-state index contributed by atoms with van der Waals surface area (Å²) in [7, 11) is 0. The summed E-state index contributed by atoms with van der Waals surface area (Å²) in [6.07, 6.45) is 2.79. The highest BCUT2D eigenvalue weighted by Crippen LogP contribution is 2.29. The molecule has 82 valence electrons. The van der Waals surface area contributed by atoms with Gasteiger partial charge in [-0.25, -0.2) is 0 Å². The molecule has 0 atom stereocenters. The predicted molar refractivity (Wildman–Crippen MR) is 61.2 cm³/mol. The van der Waals surface area contributed by atoms with E-state index < -0.39 is 5.91 Å². The molecule has 7 heteroatoms. The molecule has 4 nitrogen and oxygen atoms in total. The summed E-state index contributed by atoms with van der Waals surface area (Å²) in [6, 6.07) is 2.89. The van der Waals surface area contributed by atoms with E-state index in [-0.39, 0.29) is 15.6 Å². The third-order valence-electron chi connectivity index (χ3n) is 1.85. The first-order valence-electron chi connectivity index (χ1n) is 4.15. The van der Waals surface area contributed by atoms with Gasteiger partial charge in [0.05, 0.1) is 28.0 Å². The minimum atomic E-state index is -0.454. The lowest BCUT2D eigenvalue weighted by Gasteiger charge is -2.05. The second-order valence-corrected chi connectivity index (χ2v) is 4.15. The quantitative estimate of drug-likeness (QED) is 0.804. The van der Waals surface area contributed by atoms with Crippen molar-refractivity contribution in [2.24, 2.45) is 0 Å². The predicted octanol–water partition coefficient (Wildman–Crippen LogP) is 2.93. The highest BCUT2D eigenvalue weighted by atomic mass is 35.5. The van der Waals surface area contributed by atoms with Gasteiger partial charge in [0.1, 0.15) is 0 Å². The van der Waals surface area contributed by atoms with Crippen LogP contribution < -0.4 is 0 Å². The van der Waals surface area contributed by atoms with Crippen LogP contribution >= 0.6 is 34.8 Å². The normalized spacial score (nSPS) is 10.4. The van der Waals surface area contributed by atoms with Crippen LogP contribution in [-0.4, -0.2) is 20.9 Å². The number of carbonyl (C=O) groups is 1. The lowest BCUT2D eigenvalue weighted by molar-refractivity contribution is 0.0943. The number of hydrogen-bond donors (Lipinski definition) is 0. The molecule has 0 saturated heterocycles. The summed E-state index contributed by atoms with van der Waals surface area (Å²) >= 11 is 17.5. The zero-order valence-electron chi connectivity index (χ0n) is 7.69. The number of aromatic nitrogens is 3. The highest BCUT2D eigenvalue weighted by Gasteiger charge is 2.18. The van der Waals surface area contributed by atoms with Gasteiger partial charge in [0.25, 0.3) is 5.91 Å². The molecular weight excluding hydrogens is 272 g/mol. The van der Waals surface area contributed by atoms with Crippen molar-refractivity contribution in [2.75, 3.05) is 0 Å². The summed E-state index contributed by atoms with van der Waals surface area (Å²) in [6.45, 7) is 0. The third-order valence-corrected chi connectivity index (χ3v) is 2.67. The van der Waals surface area contributed by atoms with Crippen LogP contribution in [0.15, 0.2) is 24.5 Å². The van der Waals surface area contributed by atoms with Gasteiger partial charge in [0, 0.05) is 5.02 Å². The number of nitrogens with zero attached hydrogens (tertiary/aromatic N) is 3. The monoisotopic (exact) mass is 275 g/mol. The summed E-state index contributed by atoms with van der Waals surface area (Å²) in [5.74, 6) is -0.454. The molecule has 2 rings (SSSR count). The van der Waals surface area contributed by atoms with Crippen LogP contribution in [0, 0.1) is 0 Å². The maximum Gasteiger partial charge on any atom is 0.282 e. The van der Waals surface area contributed by atoms with Gasteiger partial charge in [0.15, 0.2) is 0 Å². The molecule has 0 radical (unpaired) electrons. The van der Waals surface area contributed by atoms with Gasteiger partial charge in [-0.3, -0.25) is 4.79 Å². The Morgan fingerprint density at radius 2 is 1.81 bits per heavy atom. The first kappa shape index (κ1) is 11.4. The molecule has 0 aliphatic rings. The van der Waals surface area contributed by atoms with Crippen LogP contribution in [0.1, 0.15) is 10.4 Å². The van der Waals surface area contributed by atoms with E-state index in [4.69, 9.17) is 34.8 Å². The molecular formula is C9H4Cl3N3O. The molecule has 0 N–H and O–H groups in total. The molecule has 0 amide bonds. The minimum absolute atomic E-state index is 0.151. The second kappa shape index (κ2) is 4.41. The van der Waals surface area contributed by atoms with Crippen molar-refractivity contribution in [1.29, 1.82) is 0 Å². The van der Waals surface area contributed by atoms with Crippen molar-refractivity contribution in [3.05, 3.63) is 45.2 Å². The third kappa shape index (κ3) is 2.04. The first-order valence-corrected chi connectivity index (χ1v) is 5.28. The van der Waals surface area contributed by atoms with Gasteiger partial charge < -0.3 is 0 Å². The van der Waals surface area contributed by atoms with E-state index >= 15 is 0 Å². The van der Waals surface area contributed by atoms with Crippen LogP contribution in [0.3, 0.4) is 0 Å². The van der Waals surface area contributed by atoms with Crippen molar-refractivity contribution in [2.45, 2.75) is 0 Å². The molecule has 2 aromatic rings.